The zero-order valence-corrected chi connectivity index (χ0v) is 11.9. The first-order valence-corrected chi connectivity index (χ1v) is 6.45. The standard InChI is InChI=1S/C16H27N/c1-8-16(7)10-9-14(15(16,5)6)13(4)17-11-12(2)3/h8,14,17H,1-2,4,9-11H2,3,5-7H3/t14?,16-/m1/s1. The maximum Gasteiger partial charge on any atom is 0.0351 e. The highest BCUT2D eigenvalue weighted by molar-refractivity contribution is 5.17. The molecule has 0 spiro atoms. The van der Waals surface area contributed by atoms with Gasteiger partial charge in [-0.25, -0.2) is 0 Å². The van der Waals surface area contributed by atoms with E-state index < -0.39 is 0 Å². The fourth-order valence-electron chi connectivity index (χ4n) is 2.89. The molecule has 1 aliphatic carbocycles. The van der Waals surface area contributed by atoms with Crippen molar-refractivity contribution in [1.29, 1.82) is 0 Å². The van der Waals surface area contributed by atoms with Crippen molar-refractivity contribution in [3.8, 4) is 0 Å². The van der Waals surface area contributed by atoms with Crippen molar-refractivity contribution < 1.29 is 0 Å². The van der Waals surface area contributed by atoms with Gasteiger partial charge in [-0.1, -0.05) is 45.6 Å². The Balaban J connectivity index is 2.77. The molecule has 0 aliphatic heterocycles. The first-order valence-electron chi connectivity index (χ1n) is 6.45. The highest BCUT2D eigenvalue weighted by atomic mass is 14.9. The smallest absolute Gasteiger partial charge is 0.0351 e. The van der Waals surface area contributed by atoms with Crippen molar-refractivity contribution in [3.63, 3.8) is 0 Å². The van der Waals surface area contributed by atoms with Crippen LogP contribution in [0.2, 0.25) is 0 Å². The minimum Gasteiger partial charge on any atom is -0.385 e. The van der Waals surface area contributed by atoms with E-state index in [0.29, 0.717) is 5.92 Å². The number of nitrogens with one attached hydrogen (secondary N) is 1. The molecule has 0 radical (unpaired) electrons. The maximum atomic E-state index is 4.22. The summed E-state index contributed by atoms with van der Waals surface area (Å²) < 4.78 is 0. The Labute approximate surface area is 107 Å². The molecule has 1 nitrogen and oxygen atoms in total. The molecule has 0 amide bonds. The van der Waals surface area contributed by atoms with Crippen LogP contribution in [0, 0.1) is 16.7 Å². The van der Waals surface area contributed by atoms with Gasteiger partial charge in [-0.2, -0.15) is 0 Å². The fraction of sp³-hybridized carbons (Fsp3) is 0.625. The summed E-state index contributed by atoms with van der Waals surface area (Å²) in [5, 5.41) is 3.41. The predicted molar refractivity (Wildman–Crippen MR) is 76.8 cm³/mol. The molecule has 1 aliphatic rings. The highest BCUT2D eigenvalue weighted by Gasteiger charge is 2.50. The summed E-state index contributed by atoms with van der Waals surface area (Å²) in [5.74, 6) is 0.518. The molecule has 1 unspecified atom stereocenters. The van der Waals surface area contributed by atoms with Gasteiger partial charge in [0.25, 0.3) is 0 Å². The second kappa shape index (κ2) is 4.72. The van der Waals surface area contributed by atoms with E-state index in [1.54, 1.807) is 0 Å². The summed E-state index contributed by atoms with van der Waals surface area (Å²) in [7, 11) is 0. The highest BCUT2D eigenvalue weighted by Crippen LogP contribution is 2.58. The van der Waals surface area contributed by atoms with Crippen LogP contribution in [0.15, 0.2) is 37.1 Å². The Hall–Kier alpha value is -0.980. The van der Waals surface area contributed by atoms with Crippen LogP contribution in [0.1, 0.15) is 40.5 Å². The van der Waals surface area contributed by atoms with E-state index in [-0.39, 0.29) is 10.8 Å². The van der Waals surface area contributed by atoms with Crippen molar-refractivity contribution >= 4 is 0 Å². The molecule has 0 bridgehead atoms. The van der Waals surface area contributed by atoms with Crippen LogP contribution < -0.4 is 5.32 Å². The van der Waals surface area contributed by atoms with Gasteiger partial charge >= 0.3 is 0 Å². The van der Waals surface area contributed by atoms with Crippen LogP contribution in [0.3, 0.4) is 0 Å². The molecule has 96 valence electrons. The molecular weight excluding hydrogens is 206 g/mol. The van der Waals surface area contributed by atoms with Crippen LogP contribution in [0.5, 0.6) is 0 Å². The van der Waals surface area contributed by atoms with Crippen molar-refractivity contribution in [1.82, 2.24) is 5.32 Å². The van der Waals surface area contributed by atoms with Crippen molar-refractivity contribution in [2.75, 3.05) is 6.54 Å². The maximum absolute atomic E-state index is 4.22. The average Bonchev–Trinajstić information content (AvgIpc) is 2.48. The zero-order chi connectivity index (χ0) is 13.3. The molecule has 1 fully saturated rings. The minimum atomic E-state index is 0.214. The molecule has 2 atom stereocenters. The van der Waals surface area contributed by atoms with Crippen molar-refractivity contribution in [2.45, 2.75) is 40.5 Å². The van der Waals surface area contributed by atoms with Crippen LogP contribution >= 0.6 is 0 Å². The summed E-state index contributed by atoms with van der Waals surface area (Å²) in [6.07, 6.45) is 4.51. The van der Waals surface area contributed by atoms with Gasteiger partial charge in [0.05, 0.1) is 0 Å². The molecule has 1 rings (SSSR count). The number of rotatable bonds is 5. The van der Waals surface area contributed by atoms with Crippen molar-refractivity contribution in [3.05, 3.63) is 37.1 Å². The van der Waals surface area contributed by atoms with Gasteiger partial charge in [-0.05, 0) is 30.6 Å². The van der Waals surface area contributed by atoms with Gasteiger partial charge in [-0.15, -0.1) is 6.58 Å². The Morgan fingerprint density at radius 3 is 2.35 bits per heavy atom. The minimum absolute atomic E-state index is 0.214. The number of hydrogen-bond donors (Lipinski definition) is 1. The molecule has 0 heterocycles. The Morgan fingerprint density at radius 1 is 1.35 bits per heavy atom. The second-order valence-electron chi connectivity index (χ2n) is 6.27. The van der Waals surface area contributed by atoms with Gasteiger partial charge in [0.2, 0.25) is 0 Å². The molecule has 1 saturated carbocycles. The monoisotopic (exact) mass is 233 g/mol. The second-order valence-corrected chi connectivity index (χ2v) is 6.27. The van der Waals surface area contributed by atoms with E-state index in [2.05, 4.69) is 51.9 Å². The Bertz CT molecular complexity index is 337. The molecule has 0 aromatic carbocycles. The van der Waals surface area contributed by atoms with Crippen molar-refractivity contribution in [2.24, 2.45) is 16.7 Å². The first kappa shape index (κ1) is 14.1. The lowest BCUT2D eigenvalue weighted by atomic mass is 9.65. The SMILES string of the molecule is C=C[C@]1(C)CCC(C(=C)NCC(=C)C)C1(C)C. The van der Waals surface area contributed by atoms with Crippen LogP contribution in [0.25, 0.3) is 0 Å². The third-order valence-electron chi connectivity index (χ3n) is 4.78. The van der Waals surface area contributed by atoms with Gasteiger partial charge < -0.3 is 5.32 Å². The Morgan fingerprint density at radius 2 is 1.94 bits per heavy atom. The molecule has 1 heteroatoms. The van der Waals surface area contributed by atoms with E-state index in [4.69, 9.17) is 0 Å². The first-order chi connectivity index (χ1) is 7.74. The van der Waals surface area contributed by atoms with E-state index in [9.17, 15) is 0 Å². The predicted octanol–water partition coefficient (Wildman–Crippen LogP) is 4.29. The zero-order valence-electron chi connectivity index (χ0n) is 11.9. The average molecular weight is 233 g/mol. The van der Waals surface area contributed by atoms with Gasteiger partial charge in [0.1, 0.15) is 0 Å². The summed E-state index contributed by atoms with van der Waals surface area (Å²) in [4.78, 5) is 0. The molecule has 0 saturated heterocycles. The molecule has 17 heavy (non-hydrogen) atoms. The number of hydrogen-bond acceptors (Lipinski definition) is 1. The third-order valence-corrected chi connectivity index (χ3v) is 4.78. The molecular formula is C16H27N. The Kier molecular flexibility index (Phi) is 3.91. The summed E-state index contributed by atoms with van der Waals surface area (Å²) in [5.41, 5.74) is 2.73. The van der Waals surface area contributed by atoms with Gasteiger partial charge in [0.15, 0.2) is 0 Å². The summed E-state index contributed by atoms with van der Waals surface area (Å²) in [6, 6.07) is 0. The van der Waals surface area contributed by atoms with Gasteiger partial charge in [-0.3, -0.25) is 0 Å². The van der Waals surface area contributed by atoms with E-state index in [1.807, 2.05) is 6.92 Å². The van der Waals surface area contributed by atoms with E-state index >= 15 is 0 Å². The van der Waals surface area contributed by atoms with E-state index in [0.717, 1.165) is 17.8 Å². The summed E-state index contributed by atoms with van der Waals surface area (Å²) >= 11 is 0. The molecule has 0 aromatic rings. The van der Waals surface area contributed by atoms with E-state index in [1.165, 1.54) is 12.8 Å². The van der Waals surface area contributed by atoms with Crippen LogP contribution in [-0.2, 0) is 0 Å². The number of allylic oxidation sites excluding steroid dienone is 2. The normalized spacial score (nSPS) is 30.9. The topological polar surface area (TPSA) is 12.0 Å². The lowest BCUT2D eigenvalue weighted by molar-refractivity contribution is 0.150. The lowest BCUT2D eigenvalue weighted by Crippen LogP contribution is -2.36. The quantitative estimate of drug-likeness (QED) is 0.698. The third kappa shape index (κ3) is 2.48. The van der Waals surface area contributed by atoms with Crippen LogP contribution in [-0.4, -0.2) is 6.54 Å². The lowest BCUT2D eigenvalue weighted by Gasteiger charge is -2.40. The fourth-order valence-corrected chi connectivity index (χ4v) is 2.89. The van der Waals surface area contributed by atoms with Gasteiger partial charge in [0, 0.05) is 18.2 Å². The summed E-state index contributed by atoms with van der Waals surface area (Å²) in [6.45, 7) is 22.0. The largest absolute Gasteiger partial charge is 0.385 e. The molecule has 1 N–H and O–H groups in total. The molecule has 0 aromatic heterocycles. The van der Waals surface area contributed by atoms with Crippen LogP contribution in [0.4, 0.5) is 0 Å².